The maximum absolute atomic E-state index is 12.2. The van der Waals surface area contributed by atoms with Crippen LogP contribution in [0.5, 0.6) is 0 Å². The number of hydrogen-bond acceptors (Lipinski definition) is 5. The van der Waals surface area contributed by atoms with Crippen LogP contribution in [0.25, 0.3) is 5.69 Å². The van der Waals surface area contributed by atoms with Crippen LogP contribution in [0, 0.1) is 0 Å². The lowest BCUT2D eigenvalue weighted by Gasteiger charge is -2.09. The molecule has 0 spiro atoms. The fourth-order valence-corrected chi connectivity index (χ4v) is 4.04. The van der Waals surface area contributed by atoms with Crippen molar-refractivity contribution in [3.8, 4) is 5.69 Å². The van der Waals surface area contributed by atoms with Crippen LogP contribution in [0.2, 0.25) is 0 Å². The number of nitrogens with zero attached hydrogens (tertiary/aromatic N) is 3. The molecule has 1 fully saturated rings. The largest absolute Gasteiger partial charge is 0.292 e. The standard InChI is InChI=1S/C17H15N3OS2/c21-14(15-7-4-10-22-15)11-23-17-19-18-16(12-8-9-12)20(17)13-5-2-1-3-6-13/h1-7,10,12H,8-9,11H2. The Morgan fingerprint density at radius 2 is 2.00 bits per heavy atom. The van der Waals surface area contributed by atoms with Crippen LogP contribution in [0.1, 0.15) is 34.3 Å². The molecular weight excluding hydrogens is 326 g/mol. The summed E-state index contributed by atoms with van der Waals surface area (Å²) in [7, 11) is 0. The number of carbonyl (C=O) groups excluding carboxylic acids is 1. The third-order valence-corrected chi connectivity index (χ3v) is 5.58. The maximum Gasteiger partial charge on any atom is 0.196 e. The number of para-hydroxylation sites is 1. The molecule has 0 bridgehead atoms. The van der Waals surface area contributed by atoms with Crippen molar-refractivity contribution in [2.45, 2.75) is 23.9 Å². The Kier molecular flexibility index (Phi) is 4.01. The Morgan fingerprint density at radius 1 is 1.17 bits per heavy atom. The van der Waals surface area contributed by atoms with Gasteiger partial charge in [0.2, 0.25) is 0 Å². The summed E-state index contributed by atoms with van der Waals surface area (Å²) in [6, 6.07) is 13.9. The van der Waals surface area contributed by atoms with Crippen LogP contribution in [0.4, 0.5) is 0 Å². The molecule has 4 rings (SSSR count). The lowest BCUT2D eigenvalue weighted by atomic mass is 10.3. The van der Waals surface area contributed by atoms with Crippen molar-refractivity contribution in [1.82, 2.24) is 14.8 Å². The van der Waals surface area contributed by atoms with E-state index in [1.807, 2.05) is 35.7 Å². The predicted molar refractivity (Wildman–Crippen MR) is 92.7 cm³/mol. The van der Waals surface area contributed by atoms with Crippen molar-refractivity contribution in [2.75, 3.05) is 5.75 Å². The van der Waals surface area contributed by atoms with E-state index in [1.54, 1.807) is 0 Å². The summed E-state index contributed by atoms with van der Waals surface area (Å²) in [5.41, 5.74) is 1.06. The molecular formula is C17H15N3OS2. The molecule has 4 nitrogen and oxygen atoms in total. The molecule has 1 aliphatic carbocycles. The van der Waals surface area contributed by atoms with E-state index in [2.05, 4.69) is 26.9 Å². The summed E-state index contributed by atoms with van der Waals surface area (Å²) < 4.78 is 2.10. The van der Waals surface area contributed by atoms with Crippen molar-refractivity contribution < 1.29 is 4.79 Å². The van der Waals surface area contributed by atoms with E-state index < -0.39 is 0 Å². The van der Waals surface area contributed by atoms with Gasteiger partial charge in [0.25, 0.3) is 0 Å². The molecule has 2 heterocycles. The second-order valence-electron chi connectivity index (χ2n) is 5.48. The number of rotatable bonds is 6. The fraction of sp³-hybridized carbons (Fsp3) is 0.235. The van der Waals surface area contributed by atoms with Crippen LogP contribution in [0.15, 0.2) is 53.0 Å². The minimum atomic E-state index is 0.139. The van der Waals surface area contributed by atoms with E-state index in [0.29, 0.717) is 11.7 Å². The number of Topliss-reactive ketones (excluding diaryl/α,β-unsaturated/α-hetero) is 1. The molecule has 23 heavy (non-hydrogen) atoms. The first kappa shape index (κ1) is 14.7. The van der Waals surface area contributed by atoms with Crippen LogP contribution in [-0.2, 0) is 0 Å². The average molecular weight is 341 g/mol. The Labute approximate surface area is 142 Å². The number of aromatic nitrogens is 3. The van der Waals surface area contributed by atoms with Gasteiger partial charge in [0.15, 0.2) is 10.9 Å². The molecule has 0 N–H and O–H groups in total. The van der Waals surface area contributed by atoms with Gasteiger partial charge in [-0.05, 0) is 36.4 Å². The monoisotopic (exact) mass is 341 g/mol. The molecule has 1 saturated carbocycles. The van der Waals surface area contributed by atoms with Crippen LogP contribution in [-0.4, -0.2) is 26.3 Å². The van der Waals surface area contributed by atoms with Gasteiger partial charge in [-0.15, -0.1) is 21.5 Å². The third kappa shape index (κ3) is 3.09. The summed E-state index contributed by atoms with van der Waals surface area (Å²) in [5, 5.41) is 11.4. The molecule has 0 saturated heterocycles. The van der Waals surface area contributed by atoms with Gasteiger partial charge in [-0.25, -0.2) is 0 Å². The van der Waals surface area contributed by atoms with Gasteiger partial charge in [0.05, 0.1) is 10.6 Å². The summed E-state index contributed by atoms with van der Waals surface area (Å²) in [4.78, 5) is 13.0. The number of benzene rings is 1. The van der Waals surface area contributed by atoms with E-state index in [0.717, 1.165) is 21.5 Å². The quantitative estimate of drug-likeness (QED) is 0.498. The summed E-state index contributed by atoms with van der Waals surface area (Å²) in [5.74, 6) is 2.05. The van der Waals surface area contributed by atoms with Gasteiger partial charge in [-0.3, -0.25) is 9.36 Å². The van der Waals surface area contributed by atoms with Gasteiger partial charge in [0, 0.05) is 11.6 Å². The lowest BCUT2D eigenvalue weighted by Crippen LogP contribution is -2.04. The smallest absolute Gasteiger partial charge is 0.196 e. The van der Waals surface area contributed by atoms with Gasteiger partial charge in [-0.2, -0.15) is 0 Å². The van der Waals surface area contributed by atoms with E-state index in [4.69, 9.17) is 0 Å². The zero-order valence-corrected chi connectivity index (χ0v) is 14.0. The minimum absolute atomic E-state index is 0.139. The van der Waals surface area contributed by atoms with Crippen LogP contribution < -0.4 is 0 Å². The van der Waals surface area contributed by atoms with Crippen molar-refractivity contribution in [3.05, 3.63) is 58.5 Å². The molecule has 6 heteroatoms. The van der Waals surface area contributed by atoms with Gasteiger partial charge in [0.1, 0.15) is 5.82 Å². The van der Waals surface area contributed by atoms with Gasteiger partial charge < -0.3 is 0 Å². The highest BCUT2D eigenvalue weighted by atomic mass is 32.2. The number of carbonyl (C=O) groups is 1. The SMILES string of the molecule is O=C(CSc1nnc(C2CC2)n1-c1ccccc1)c1cccs1. The molecule has 2 aromatic heterocycles. The van der Waals surface area contributed by atoms with Gasteiger partial charge in [-0.1, -0.05) is 36.0 Å². The first-order valence-electron chi connectivity index (χ1n) is 7.53. The Morgan fingerprint density at radius 3 is 2.70 bits per heavy atom. The summed E-state index contributed by atoms with van der Waals surface area (Å²) >= 11 is 2.94. The third-order valence-electron chi connectivity index (χ3n) is 3.74. The van der Waals surface area contributed by atoms with Crippen molar-refractivity contribution in [3.63, 3.8) is 0 Å². The summed E-state index contributed by atoms with van der Waals surface area (Å²) in [6.45, 7) is 0. The number of ketones is 1. The van der Waals surface area contributed by atoms with Crippen molar-refractivity contribution in [1.29, 1.82) is 0 Å². The zero-order chi connectivity index (χ0) is 15.6. The average Bonchev–Trinajstić information content (AvgIpc) is 3.13. The number of thioether (sulfide) groups is 1. The molecule has 1 aromatic carbocycles. The molecule has 0 unspecified atom stereocenters. The Hall–Kier alpha value is -1.92. The van der Waals surface area contributed by atoms with Crippen LogP contribution >= 0.6 is 23.1 Å². The molecule has 0 aliphatic heterocycles. The molecule has 0 radical (unpaired) electrons. The molecule has 116 valence electrons. The van der Waals surface area contributed by atoms with Crippen molar-refractivity contribution >= 4 is 28.9 Å². The Balaban J connectivity index is 1.60. The van der Waals surface area contributed by atoms with E-state index in [9.17, 15) is 4.79 Å². The van der Waals surface area contributed by atoms with Crippen LogP contribution in [0.3, 0.4) is 0 Å². The van der Waals surface area contributed by atoms with E-state index in [1.165, 1.54) is 35.9 Å². The predicted octanol–water partition coefficient (Wildman–Crippen LogP) is 4.18. The minimum Gasteiger partial charge on any atom is -0.292 e. The Bertz CT molecular complexity index is 808. The highest BCUT2D eigenvalue weighted by Crippen LogP contribution is 2.41. The lowest BCUT2D eigenvalue weighted by molar-refractivity contribution is 0.102. The van der Waals surface area contributed by atoms with Crippen molar-refractivity contribution in [2.24, 2.45) is 0 Å². The molecule has 3 aromatic rings. The van der Waals surface area contributed by atoms with E-state index >= 15 is 0 Å². The number of hydrogen-bond donors (Lipinski definition) is 0. The topological polar surface area (TPSA) is 47.8 Å². The molecule has 0 amide bonds. The first-order valence-corrected chi connectivity index (χ1v) is 9.39. The fourth-order valence-electron chi connectivity index (χ4n) is 2.44. The highest BCUT2D eigenvalue weighted by Gasteiger charge is 2.31. The molecule has 0 atom stereocenters. The second kappa shape index (κ2) is 6.29. The zero-order valence-electron chi connectivity index (χ0n) is 12.4. The normalized spacial score (nSPS) is 14.1. The number of thiophene rings is 1. The van der Waals surface area contributed by atoms with Gasteiger partial charge >= 0.3 is 0 Å². The second-order valence-corrected chi connectivity index (χ2v) is 7.37. The summed E-state index contributed by atoms with van der Waals surface area (Å²) in [6.07, 6.45) is 2.34. The maximum atomic E-state index is 12.2. The molecule has 1 aliphatic rings. The first-order chi connectivity index (χ1) is 11.3. The highest BCUT2D eigenvalue weighted by molar-refractivity contribution is 7.99. The van der Waals surface area contributed by atoms with E-state index in [-0.39, 0.29) is 5.78 Å².